The molecule has 4 nitrogen and oxygen atoms in total. The van der Waals surface area contributed by atoms with Gasteiger partial charge in [0.15, 0.2) is 0 Å². The normalized spacial score (nSPS) is 10.4. The molecule has 0 radical (unpaired) electrons. The molecule has 2 aromatic rings. The minimum atomic E-state index is 0. The van der Waals surface area contributed by atoms with Crippen LogP contribution in [0.4, 0.5) is 0 Å². The van der Waals surface area contributed by atoms with E-state index in [0.29, 0.717) is 11.8 Å². The van der Waals surface area contributed by atoms with Crippen LogP contribution in [0.5, 0.6) is 0 Å². The van der Waals surface area contributed by atoms with Crippen molar-refractivity contribution in [2.45, 2.75) is 60.8 Å². The van der Waals surface area contributed by atoms with E-state index < -0.39 is 0 Å². The molecule has 0 amide bonds. The lowest BCUT2D eigenvalue weighted by molar-refractivity contribution is 0.712. The van der Waals surface area contributed by atoms with Gasteiger partial charge in [-0.2, -0.15) is 10.2 Å². The van der Waals surface area contributed by atoms with Crippen LogP contribution in [0.15, 0.2) is 12.4 Å². The van der Waals surface area contributed by atoms with Gasteiger partial charge in [0, 0.05) is 26.0 Å². The summed E-state index contributed by atoms with van der Waals surface area (Å²) in [4.78, 5) is 0. The molecule has 4 heteroatoms. The highest BCUT2D eigenvalue weighted by molar-refractivity contribution is 5.19. The van der Waals surface area contributed by atoms with Gasteiger partial charge in [0.2, 0.25) is 0 Å². The van der Waals surface area contributed by atoms with Crippen molar-refractivity contribution in [3.8, 4) is 0 Å². The molecule has 0 spiro atoms. The molecule has 0 fully saturated rings. The summed E-state index contributed by atoms with van der Waals surface area (Å²) in [6.07, 6.45) is 4.00. The second-order valence-electron chi connectivity index (χ2n) is 5.99. The Balaban J connectivity index is 0.000000364. The van der Waals surface area contributed by atoms with E-state index >= 15 is 0 Å². The van der Waals surface area contributed by atoms with E-state index in [-0.39, 0.29) is 7.43 Å². The lowest BCUT2D eigenvalue weighted by Gasteiger charge is -2.02. The molecule has 0 aliphatic carbocycles. The molecule has 21 heavy (non-hydrogen) atoms. The highest BCUT2D eigenvalue weighted by Gasteiger charge is 2.06. The average molecular weight is 292 g/mol. The summed E-state index contributed by atoms with van der Waals surface area (Å²) in [5.74, 6) is 1.13. The minimum Gasteiger partial charge on any atom is -0.275 e. The smallest absolute Gasteiger partial charge is 0.0678 e. The fourth-order valence-electron chi connectivity index (χ4n) is 2.28. The number of aromatic nitrogens is 4. The van der Waals surface area contributed by atoms with Crippen LogP contribution in [0.25, 0.3) is 0 Å². The van der Waals surface area contributed by atoms with Crippen LogP contribution in [0.2, 0.25) is 0 Å². The van der Waals surface area contributed by atoms with E-state index in [1.54, 1.807) is 0 Å². The van der Waals surface area contributed by atoms with Crippen molar-refractivity contribution in [2.24, 2.45) is 14.1 Å². The van der Waals surface area contributed by atoms with Crippen LogP contribution in [0.3, 0.4) is 0 Å². The molecule has 2 heterocycles. The molecule has 0 bridgehead atoms. The third kappa shape index (κ3) is 5.03. The molecule has 0 saturated carbocycles. The van der Waals surface area contributed by atoms with Gasteiger partial charge in [-0.3, -0.25) is 9.36 Å². The van der Waals surface area contributed by atoms with E-state index in [9.17, 15) is 0 Å². The standard InChI is InChI=1S/2C8H14N2.CH4/c1-6(2)8-5-9-10(4)7(8)3;1-6(2)8-7(3)5-10(4)9-8;/h2*5-6H,1-4H3;1H4. The predicted octanol–water partition coefficient (Wildman–Crippen LogP) is 4.34. The van der Waals surface area contributed by atoms with Gasteiger partial charge in [-0.15, -0.1) is 0 Å². The Morgan fingerprint density at radius 3 is 1.76 bits per heavy atom. The first kappa shape index (κ1) is 19.4. The zero-order valence-corrected chi connectivity index (χ0v) is 14.1. The van der Waals surface area contributed by atoms with Gasteiger partial charge in [-0.1, -0.05) is 35.1 Å². The molecule has 0 aliphatic heterocycles. The average Bonchev–Trinajstić information content (AvgIpc) is 2.84. The molecular formula is C17H32N4. The fourth-order valence-corrected chi connectivity index (χ4v) is 2.28. The Kier molecular flexibility index (Phi) is 7.41. The van der Waals surface area contributed by atoms with Gasteiger partial charge >= 0.3 is 0 Å². The third-order valence-electron chi connectivity index (χ3n) is 3.49. The van der Waals surface area contributed by atoms with Crippen molar-refractivity contribution < 1.29 is 0 Å². The molecular weight excluding hydrogens is 260 g/mol. The topological polar surface area (TPSA) is 35.6 Å². The van der Waals surface area contributed by atoms with Crippen LogP contribution in [-0.2, 0) is 14.1 Å². The molecule has 0 aromatic carbocycles. The predicted molar refractivity (Wildman–Crippen MR) is 90.8 cm³/mol. The van der Waals surface area contributed by atoms with Gasteiger partial charge in [0.25, 0.3) is 0 Å². The summed E-state index contributed by atoms with van der Waals surface area (Å²) < 4.78 is 3.78. The van der Waals surface area contributed by atoms with Crippen molar-refractivity contribution in [1.82, 2.24) is 19.6 Å². The number of hydrogen-bond donors (Lipinski definition) is 0. The van der Waals surface area contributed by atoms with Crippen LogP contribution in [0.1, 0.15) is 69.5 Å². The van der Waals surface area contributed by atoms with E-state index in [2.05, 4.69) is 57.9 Å². The SMILES string of the molecule is C.Cc1c(C(C)C)cnn1C.Cc1cn(C)nc1C(C)C. The summed E-state index contributed by atoms with van der Waals surface area (Å²) in [6.45, 7) is 12.9. The molecule has 0 atom stereocenters. The van der Waals surface area contributed by atoms with Gasteiger partial charge in [0.05, 0.1) is 11.9 Å². The Labute approximate surface area is 130 Å². The van der Waals surface area contributed by atoms with E-state index in [1.807, 2.05) is 29.7 Å². The molecule has 120 valence electrons. The number of hydrogen-bond acceptors (Lipinski definition) is 2. The lowest BCUT2D eigenvalue weighted by atomic mass is 10.1. The molecule has 0 unspecified atom stereocenters. The monoisotopic (exact) mass is 292 g/mol. The Morgan fingerprint density at radius 2 is 1.57 bits per heavy atom. The summed E-state index contributed by atoms with van der Waals surface area (Å²) in [6, 6.07) is 0. The molecule has 2 aromatic heterocycles. The van der Waals surface area contributed by atoms with Gasteiger partial charge < -0.3 is 0 Å². The highest BCUT2D eigenvalue weighted by atomic mass is 15.3. The van der Waals surface area contributed by atoms with Crippen LogP contribution in [0, 0.1) is 13.8 Å². The lowest BCUT2D eigenvalue weighted by Crippen LogP contribution is -1.94. The molecule has 0 N–H and O–H groups in total. The maximum atomic E-state index is 4.33. The Morgan fingerprint density at radius 1 is 1.00 bits per heavy atom. The number of aryl methyl sites for hydroxylation is 3. The van der Waals surface area contributed by atoms with Gasteiger partial charge in [0.1, 0.15) is 0 Å². The molecule has 0 saturated heterocycles. The second kappa shape index (κ2) is 8.01. The summed E-state index contributed by atoms with van der Waals surface area (Å²) in [5.41, 5.74) is 5.12. The summed E-state index contributed by atoms with van der Waals surface area (Å²) in [5, 5.41) is 8.48. The van der Waals surface area contributed by atoms with Crippen molar-refractivity contribution in [3.05, 3.63) is 34.9 Å². The number of nitrogens with zero attached hydrogens (tertiary/aromatic N) is 4. The van der Waals surface area contributed by atoms with Crippen molar-refractivity contribution in [3.63, 3.8) is 0 Å². The first-order valence-corrected chi connectivity index (χ1v) is 7.22. The maximum Gasteiger partial charge on any atom is 0.0678 e. The summed E-state index contributed by atoms with van der Waals surface area (Å²) >= 11 is 0. The van der Waals surface area contributed by atoms with E-state index in [0.717, 1.165) is 0 Å². The fraction of sp³-hybridized carbons (Fsp3) is 0.647. The van der Waals surface area contributed by atoms with Gasteiger partial charge in [-0.05, 0) is 36.8 Å². The first-order valence-electron chi connectivity index (χ1n) is 7.22. The Bertz CT molecular complexity index is 541. The number of rotatable bonds is 2. The second-order valence-corrected chi connectivity index (χ2v) is 5.99. The van der Waals surface area contributed by atoms with Crippen LogP contribution < -0.4 is 0 Å². The molecule has 0 aliphatic rings. The largest absolute Gasteiger partial charge is 0.275 e. The van der Waals surface area contributed by atoms with Crippen molar-refractivity contribution >= 4 is 0 Å². The molecule has 2 rings (SSSR count). The quantitative estimate of drug-likeness (QED) is 0.825. The first-order chi connectivity index (χ1) is 9.23. The van der Waals surface area contributed by atoms with Crippen molar-refractivity contribution in [1.29, 1.82) is 0 Å². The van der Waals surface area contributed by atoms with Crippen LogP contribution in [-0.4, -0.2) is 19.6 Å². The minimum absolute atomic E-state index is 0. The third-order valence-corrected chi connectivity index (χ3v) is 3.49. The van der Waals surface area contributed by atoms with E-state index in [1.165, 1.54) is 22.5 Å². The van der Waals surface area contributed by atoms with Crippen molar-refractivity contribution in [2.75, 3.05) is 0 Å². The summed E-state index contributed by atoms with van der Waals surface area (Å²) in [7, 11) is 3.93. The van der Waals surface area contributed by atoms with E-state index in [4.69, 9.17) is 0 Å². The Hall–Kier alpha value is -1.58. The maximum absolute atomic E-state index is 4.33. The zero-order chi connectivity index (χ0) is 15.4. The zero-order valence-electron chi connectivity index (χ0n) is 14.1. The van der Waals surface area contributed by atoms with Crippen LogP contribution >= 0.6 is 0 Å². The highest BCUT2D eigenvalue weighted by Crippen LogP contribution is 2.16. The van der Waals surface area contributed by atoms with Gasteiger partial charge in [-0.25, -0.2) is 0 Å².